The molecule has 0 aromatic heterocycles. The molecule has 2 saturated heterocycles. The van der Waals surface area contributed by atoms with E-state index >= 15 is 0 Å². The van der Waals surface area contributed by atoms with Crippen LogP contribution in [0.25, 0.3) is 0 Å². The Kier molecular flexibility index (Phi) is 7.53. The largest absolute Gasteiger partial charge is 0.383 e. The van der Waals surface area contributed by atoms with Gasteiger partial charge in [-0.05, 0) is 37.2 Å². The number of fused-ring (bicyclic) bond motifs is 2. The number of hydrogen-bond donors (Lipinski definition) is 1. The molecule has 2 fully saturated rings. The highest BCUT2D eigenvalue weighted by atomic mass is 35.5. The molecule has 1 aromatic carbocycles. The molecule has 3 rings (SSSR count). The summed E-state index contributed by atoms with van der Waals surface area (Å²) < 4.78 is 5.19. The molecule has 1 amide bonds. The first kappa shape index (κ1) is 19.2. The molecule has 134 valence electrons. The third-order valence-electron chi connectivity index (χ3n) is 5.17. The molecular formula is C19H29ClN2O2. The van der Waals surface area contributed by atoms with E-state index in [0.29, 0.717) is 44.1 Å². The standard InChI is InChI=1S/C19H28N2O2.ClH/c1-23-10-9-21(14-15-5-3-2-4-6-15)19(22)13-16-11-17-7-8-18(12-16)20-17;/h2-6,16-18,20H,7-14H2,1H3;1H. The molecule has 2 atom stereocenters. The van der Waals surface area contributed by atoms with Crippen LogP contribution in [-0.2, 0) is 16.1 Å². The second-order valence-corrected chi connectivity index (χ2v) is 6.97. The number of benzene rings is 1. The van der Waals surface area contributed by atoms with Gasteiger partial charge >= 0.3 is 0 Å². The van der Waals surface area contributed by atoms with Crippen LogP contribution in [0.15, 0.2) is 30.3 Å². The van der Waals surface area contributed by atoms with E-state index < -0.39 is 0 Å². The molecule has 24 heavy (non-hydrogen) atoms. The average Bonchev–Trinajstić information content (AvgIpc) is 2.91. The van der Waals surface area contributed by atoms with Crippen molar-refractivity contribution in [3.8, 4) is 0 Å². The van der Waals surface area contributed by atoms with Gasteiger partial charge in [0.15, 0.2) is 0 Å². The Bertz CT molecular complexity index is 499. The van der Waals surface area contributed by atoms with Gasteiger partial charge in [-0.1, -0.05) is 30.3 Å². The van der Waals surface area contributed by atoms with Crippen LogP contribution in [0, 0.1) is 5.92 Å². The van der Waals surface area contributed by atoms with Crippen LogP contribution < -0.4 is 5.32 Å². The van der Waals surface area contributed by atoms with Gasteiger partial charge in [-0.3, -0.25) is 4.79 Å². The first-order valence-corrected chi connectivity index (χ1v) is 8.81. The van der Waals surface area contributed by atoms with Crippen molar-refractivity contribution in [1.29, 1.82) is 0 Å². The van der Waals surface area contributed by atoms with Crippen molar-refractivity contribution in [2.45, 2.75) is 50.7 Å². The van der Waals surface area contributed by atoms with E-state index in [2.05, 4.69) is 17.4 Å². The predicted octanol–water partition coefficient (Wildman–Crippen LogP) is 3.00. The maximum absolute atomic E-state index is 12.8. The van der Waals surface area contributed by atoms with E-state index in [1.807, 2.05) is 23.1 Å². The normalized spacial score (nSPS) is 25.1. The van der Waals surface area contributed by atoms with Gasteiger partial charge in [0.05, 0.1) is 6.61 Å². The summed E-state index contributed by atoms with van der Waals surface area (Å²) in [4.78, 5) is 14.8. The Labute approximate surface area is 151 Å². The van der Waals surface area contributed by atoms with Crippen LogP contribution in [0.5, 0.6) is 0 Å². The first-order valence-electron chi connectivity index (χ1n) is 8.81. The minimum atomic E-state index is 0. The molecule has 2 heterocycles. The smallest absolute Gasteiger partial charge is 0.223 e. The Hall–Kier alpha value is -1.10. The van der Waals surface area contributed by atoms with E-state index in [0.717, 1.165) is 12.8 Å². The maximum atomic E-state index is 12.8. The number of carbonyl (C=O) groups is 1. The lowest BCUT2D eigenvalue weighted by molar-refractivity contribution is -0.133. The van der Waals surface area contributed by atoms with Crippen molar-refractivity contribution >= 4 is 18.3 Å². The number of ether oxygens (including phenoxy) is 1. The summed E-state index contributed by atoms with van der Waals surface area (Å²) in [6, 6.07) is 11.5. The van der Waals surface area contributed by atoms with E-state index in [1.54, 1.807) is 7.11 Å². The van der Waals surface area contributed by atoms with Crippen molar-refractivity contribution in [1.82, 2.24) is 10.2 Å². The molecule has 0 spiro atoms. The van der Waals surface area contributed by atoms with Crippen molar-refractivity contribution in [3.05, 3.63) is 35.9 Å². The predicted molar refractivity (Wildman–Crippen MR) is 98.3 cm³/mol. The fourth-order valence-corrected chi connectivity index (χ4v) is 4.02. The van der Waals surface area contributed by atoms with Gasteiger partial charge in [-0.25, -0.2) is 0 Å². The zero-order valence-electron chi connectivity index (χ0n) is 14.4. The van der Waals surface area contributed by atoms with Gasteiger partial charge in [-0.2, -0.15) is 0 Å². The zero-order valence-corrected chi connectivity index (χ0v) is 15.3. The molecule has 2 aliphatic rings. The number of amides is 1. The number of nitrogens with zero attached hydrogens (tertiary/aromatic N) is 1. The lowest BCUT2D eigenvalue weighted by atomic mass is 9.89. The lowest BCUT2D eigenvalue weighted by Crippen LogP contribution is -2.41. The number of carbonyl (C=O) groups excluding carboxylic acids is 1. The summed E-state index contributed by atoms with van der Waals surface area (Å²) in [5.41, 5.74) is 1.18. The number of nitrogens with one attached hydrogen (secondary N) is 1. The summed E-state index contributed by atoms with van der Waals surface area (Å²) in [6.45, 7) is 1.94. The van der Waals surface area contributed by atoms with Crippen molar-refractivity contribution in [2.24, 2.45) is 5.92 Å². The SMILES string of the molecule is COCCN(Cc1ccccc1)C(=O)CC1CC2CCC(C1)N2.Cl. The molecule has 0 aliphatic carbocycles. The molecule has 0 radical (unpaired) electrons. The number of methoxy groups -OCH3 is 1. The number of rotatable bonds is 7. The number of halogens is 1. The Morgan fingerprint density at radius 1 is 1.21 bits per heavy atom. The molecule has 1 N–H and O–H groups in total. The van der Waals surface area contributed by atoms with Gasteiger partial charge in [0, 0.05) is 38.7 Å². The first-order chi connectivity index (χ1) is 11.2. The topological polar surface area (TPSA) is 41.6 Å². The van der Waals surface area contributed by atoms with E-state index in [4.69, 9.17) is 4.74 Å². The minimum Gasteiger partial charge on any atom is -0.383 e. The Morgan fingerprint density at radius 3 is 2.50 bits per heavy atom. The third kappa shape index (κ3) is 5.20. The monoisotopic (exact) mass is 352 g/mol. The van der Waals surface area contributed by atoms with Gasteiger partial charge in [0.25, 0.3) is 0 Å². The Morgan fingerprint density at radius 2 is 1.88 bits per heavy atom. The quantitative estimate of drug-likeness (QED) is 0.820. The van der Waals surface area contributed by atoms with Crippen molar-refractivity contribution in [3.63, 3.8) is 0 Å². The van der Waals surface area contributed by atoms with Crippen molar-refractivity contribution in [2.75, 3.05) is 20.3 Å². The highest BCUT2D eigenvalue weighted by Gasteiger charge is 2.34. The van der Waals surface area contributed by atoms with Crippen LogP contribution in [0.4, 0.5) is 0 Å². The molecule has 2 unspecified atom stereocenters. The van der Waals surface area contributed by atoms with Crippen LogP contribution >= 0.6 is 12.4 Å². The fraction of sp³-hybridized carbons (Fsp3) is 0.632. The maximum Gasteiger partial charge on any atom is 0.223 e. The Balaban J connectivity index is 0.00000208. The molecule has 5 heteroatoms. The summed E-state index contributed by atoms with van der Waals surface area (Å²) in [6.07, 6.45) is 5.57. The van der Waals surface area contributed by atoms with Gasteiger partial charge in [-0.15, -0.1) is 12.4 Å². The minimum absolute atomic E-state index is 0. The van der Waals surface area contributed by atoms with Crippen LogP contribution in [-0.4, -0.2) is 43.2 Å². The summed E-state index contributed by atoms with van der Waals surface area (Å²) >= 11 is 0. The molecule has 0 saturated carbocycles. The molecular weight excluding hydrogens is 324 g/mol. The second kappa shape index (κ2) is 9.40. The summed E-state index contributed by atoms with van der Waals surface area (Å²) in [5, 5.41) is 3.65. The van der Waals surface area contributed by atoms with E-state index in [-0.39, 0.29) is 18.3 Å². The highest BCUT2D eigenvalue weighted by Crippen LogP contribution is 2.33. The fourth-order valence-electron chi connectivity index (χ4n) is 4.02. The van der Waals surface area contributed by atoms with E-state index in [9.17, 15) is 4.79 Å². The second-order valence-electron chi connectivity index (χ2n) is 6.97. The number of hydrogen-bond acceptors (Lipinski definition) is 3. The average molecular weight is 353 g/mol. The lowest BCUT2D eigenvalue weighted by Gasteiger charge is -2.31. The summed E-state index contributed by atoms with van der Waals surface area (Å²) in [7, 11) is 1.69. The number of piperidine rings is 1. The molecule has 2 bridgehead atoms. The highest BCUT2D eigenvalue weighted by molar-refractivity contribution is 5.85. The molecule has 4 nitrogen and oxygen atoms in total. The van der Waals surface area contributed by atoms with Gasteiger partial charge in [0.2, 0.25) is 5.91 Å². The van der Waals surface area contributed by atoms with Gasteiger partial charge in [0.1, 0.15) is 0 Å². The van der Waals surface area contributed by atoms with Crippen molar-refractivity contribution < 1.29 is 9.53 Å². The summed E-state index contributed by atoms with van der Waals surface area (Å²) in [5.74, 6) is 0.819. The van der Waals surface area contributed by atoms with Gasteiger partial charge < -0.3 is 15.0 Å². The van der Waals surface area contributed by atoms with Crippen LogP contribution in [0.2, 0.25) is 0 Å². The third-order valence-corrected chi connectivity index (χ3v) is 5.17. The molecule has 1 aromatic rings. The molecule has 2 aliphatic heterocycles. The van der Waals surface area contributed by atoms with Crippen LogP contribution in [0.3, 0.4) is 0 Å². The zero-order chi connectivity index (χ0) is 16.1. The van der Waals surface area contributed by atoms with E-state index in [1.165, 1.54) is 18.4 Å². The van der Waals surface area contributed by atoms with Crippen LogP contribution in [0.1, 0.15) is 37.7 Å².